The van der Waals surface area contributed by atoms with Gasteiger partial charge in [-0.25, -0.2) is 4.79 Å². The van der Waals surface area contributed by atoms with Crippen LogP contribution in [0.15, 0.2) is 60.7 Å². The second-order valence-corrected chi connectivity index (χ2v) is 10.2. The zero-order chi connectivity index (χ0) is 22.9. The van der Waals surface area contributed by atoms with Crippen LogP contribution in [0, 0.1) is 49.4 Å². The Kier molecular flexibility index (Phi) is 4.58. The molecule has 4 aliphatic carbocycles. The minimum atomic E-state index is -0.977. The molecule has 2 aromatic carbocycles. The molecule has 1 saturated heterocycles. The molecule has 2 bridgehead atoms. The monoisotopic (exact) mass is 441 g/mol. The number of nitrogens with zero attached hydrogens (tertiary/aromatic N) is 1. The molecule has 0 N–H and O–H groups in total. The number of hydrogen-bond acceptors (Lipinski definition) is 4. The summed E-state index contributed by atoms with van der Waals surface area (Å²) in [5.41, 5.74) is 2.86. The van der Waals surface area contributed by atoms with Crippen molar-refractivity contribution < 1.29 is 19.1 Å². The van der Waals surface area contributed by atoms with E-state index in [0.717, 1.165) is 23.1 Å². The van der Waals surface area contributed by atoms with E-state index < -0.39 is 12.0 Å². The van der Waals surface area contributed by atoms with Crippen molar-refractivity contribution in [1.29, 1.82) is 0 Å². The lowest BCUT2D eigenvalue weighted by molar-refractivity contribution is -0.153. The number of esters is 1. The van der Waals surface area contributed by atoms with Crippen molar-refractivity contribution in [3.63, 3.8) is 0 Å². The molecule has 33 heavy (non-hydrogen) atoms. The number of ether oxygens (including phenoxy) is 1. The van der Waals surface area contributed by atoms with E-state index in [0.29, 0.717) is 17.6 Å². The lowest BCUT2D eigenvalue weighted by atomic mass is 9.63. The first kappa shape index (κ1) is 20.4. The Bertz CT molecular complexity index is 1130. The molecule has 7 rings (SSSR count). The highest BCUT2D eigenvalue weighted by molar-refractivity contribution is 6.09. The highest BCUT2D eigenvalue weighted by Gasteiger charge is 2.68. The van der Waals surface area contributed by atoms with E-state index in [1.165, 1.54) is 4.90 Å². The Hall–Kier alpha value is -3.21. The number of likely N-dealkylation sites (tertiary alicyclic amines) is 1. The van der Waals surface area contributed by atoms with Gasteiger partial charge in [0.15, 0.2) is 0 Å². The fourth-order valence-corrected chi connectivity index (χ4v) is 6.58. The second-order valence-electron chi connectivity index (χ2n) is 10.2. The highest BCUT2D eigenvalue weighted by atomic mass is 16.5. The normalized spacial score (nSPS) is 31.9. The summed E-state index contributed by atoms with van der Waals surface area (Å²) in [5, 5.41) is 0. The van der Waals surface area contributed by atoms with E-state index in [2.05, 4.69) is 12.2 Å². The third-order valence-corrected chi connectivity index (χ3v) is 7.97. The average molecular weight is 442 g/mol. The molecule has 0 unspecified atom stereocenters. The number of rotatable bonds is 5. The van der Waals surface area contributed by atoms with Gasteiger partial charge in [-0.3, -0.25) is 14.5 Å². The molecule has 3 fully saturated rings. The SMILES string of the molecule is Cc1cc(C)cc(OC(=O)[C@H](Cc2ccccc2)N2C(=O)[C@@H]3[C@H]4C=C[C@@H]([C@@H]5C[C@H]45)[C@@H]3C2=O)c1. The van der Waals surface area contributed by atoms with Crippen LogP contribution in [0.3, 0.4) is 0 Å². The number of carbonyl (C=O) groups is 3. The number of benzene rings is 2. The van der Waals surface area contributed by atoms with Crippen molar-refractivity contribution in [3.05, 3.63) is 77.4 Å². The van der Waals surface area contributed by atoms with Crippen molar-refractivity contribution in [2.75, 3.05) is 0 Å². The quantitative estimate of drug-likeness (QED) is 0.306. The van der Waals surface area contributed by atoms with E-state index in [9.17, 15) is 14.4 Å². The molecule has 0 spiro atoms. The van der Waals surface area contributed by atoms with Gasteiger partial charge in [-0.2, -0.15) is 0 Å². The van der Waals surface area contributed by atoms with E-state index in [4.69, 9.17) is 4.74 Å². The summed E-state index contributed by atoms with van der Waals surface area (Å²) in [4.78, 5) is 42.1. The molecule has 7 atom stereocenters. The van der Waals surface area contributed by atoms with Gasteiger partial charge in [-0.05, 0) is 72.8 Å². The van der Waals surface area contributed by atoms with Crippen LogP contribution in [0.5, 0.6) is 5.75 Å². The molecule has 0 aromatic heterocycles. The van der Waals surface area contributed by atoms with Crippen LogP contribution in [0.2, 0.25) is 0 Å². The summed E-state index contributed by atoms with van der Waals surface area (Å²) >= 11 is 0. The van der Waals surface area contributed by atoms with Gasteiger partial charge in [0.2, 0.25) is 11.8 Å². The predicted molar refractivity (Wildman–Crippen MR) is 122 cm³/mol. The third kappa shape index (κ3) is 3.25. The maximum Gasteiger partial charge on any atom is 0.335 e. The number of allylic oxidation sites excluding steroid dienone is 2. The van der Waals surface area contributed by atoms with E-state index in [-0.39, 0.29) is 41.9 Å². The minimum Gasteiger partial charge on any atom is -0.425 e. The van der Waals surface area contributed by atoms with E-state index in [1.54, 1.807) is 12.1 Å². The minimum absolute atomic E-state index is 0.124. The number of amides is 2. The molecule has 0 radical (unpaired) electrons. The summed E-state index contributed by atoms with van der Waals surface area (Å²) in [7, 11) is 0. The van der Waals surface area contributed by atoms with Crippen molar-refractivity contribution in [3.8, 4) is 5.75 Å². The molecule has 168 valence electrons. The Labute approximate surface area is 193 Å². The van der Waals surface area contributed by atoms with Gasteiger partial charge in [0.25, 0.3) is 0 Å². The largest absolute Gasteiger partial charge is 0.425 e. The van der Waals surface area contributed by atoms with Crippen LogP contribution >= 0.6 is 0 Å². The molecule has 5 nitrogen and oxygen atoms in total. The van der Waals surface area contributed by atoms with Crippen molar-refractivity contribution in [1.82, 2.24) is 4.90 Å². The van der Waals surface area contributed by atoms with Gasteiger partial charge in [0.05, 0.1) is 11.8 Å². The predicted octanol–water partition coefficient (Wildman–Crippen LogP) is 3.87. The van der Waals surface area contributed by atoms with Gasteiger partial charge >= 0.3 is 5.97 Å². The summed E-state index contributed by atoms with van der Waals surface area (Å²) in [6.45, 7) is 3.89. The fourth-order valence-electron chi connectivity index (χ4n) is 6.58. The molecule has 2 saturated carbocycles. The first-order chi connectivity index (χ1) is 15.9. The summed E-state index contributed by atoms with van der Waals surface area (Å²) in [5.74, 6) is 0.108. The van der Waals surface area contributed by atoms with Crippen molar-refractivity contribution in [2.24, 2.45) is 35.5 Å². The Balaban J connectivity index is 1.34. The van der Waals surface area contributed by atoms with E-state index >= 15 is 0 Å². The molecule has 1 aliphatic heterocycles. The number of carbonyl (C=O) groups excluding carboxylic acids is 3. The van der Waals surface area contributed by atoms with Gasteiger partial charge in [0, 0.05) is 6.42 Å². The molecule has 5 heteroatoms. The molecule has 5 aliphatic rings. The summed E-state index contributed by atoms with van der Waals surface area (Å²) in [6, 6.07) is 14.2. The zero-order valence-corrected chi connectivity index (χ0v) is 18.8. The van der Waals surface area contributed by atoms with Crippen LogP contribution in [0.1, 0.15) is 23.1 Å². The first-order valence-corrected chi connectivity index (χ1v) is 11.8. The van der Waals surface area contributed by atoms with Gasteiger partial charge < -0.3 is 4.74 Å². The van der Waals surface area contributed by atoms with Crippen LogP contribution in [0.4, 0.5) is 0 Å². The Morgan fingerprint density at radius 3 is 2.09 bits per heavy atom. The van der Waals surface area contributed by atoms with E-state index in [1.807, 2.05) is 50.2 Å². The van der Waals surface area contributed by atoms with Crippen molar-refractivity contribution >= 4 is 17.8 Å². The van der Waals surface area contributed by atoms with Crippen LogP contribution in [-0.2, 0) is 20.8 Å². The maximum absolute atomic E-state index is 13.7. The second kappa shape index (κ2) is 7.41. The Morgan fingerprint density at radius 2 is 1.52 bits per heavy atom. The zero-order valence-electron chi connectivity index (χ0n) is 18.8. The number of imide groups is 1. The number of aryl methyl sites for hydroxylation is 2. The maximum atomic E-state index is 13.7. The van der Waals surface area contributed by atoms with Crippen LogP contribution in [-0.4, -0.2) is 28.7 Å². The average Bonchev–Trinajstić information content (AvgIpc) is 3.56. The van der Waals surface area contributed by atoms with Gasteiger partial charge in [0.1, 0.15) is 11.8 Å². The van der Waals surface area contributed by atoms with Gasteiger partial charge in [-0.15, -0.1) is 0 Å². The topological polar surface area (TPSA) is 63.7 Å². The molecule has 2 amide bonds. The van der Waals surface area contributed by atoms with Gasteiger partial charge in [-0.1, -0.05) is 48.6 Å². The summed E-state index contributed by atoms with van der Waals surface area (Å²) in [6.07, 6.45) is 5.65. The lowest BCUT2D eigenvalue weighted by Gasteiger charge is -2.37. The highest BCUT2D eigenvalue weighted by Crippen LogP contribution is 2.65. The lowest BCUT2D eigenvalue weighted by Crippen LogP contribution is -2.48. The third-order valence-electron chi connectivity index (χ3n) is 7.97. The first-order valence-electron chi connectivity index (χ1n) is 11.8. The Morgan fingerprint density at radius 1 is 0.939 bits per heavy atom. The van der Waals surface area contributed by atoms with Crippen LogP contribution < -0.4 is 4.74 Å². The smallest absolute Gasteiger partial charge is 0.335 e. The standard InChI is InChI=1S/C28H27NO4/c1-15-10-16(2)12-18(11-15)33-28(32)23(13-17-6-4-3-5-7-17)29-26(30)24-19-8-9-20(22-14-21(19)22)25(24)27(29)31/h3-12,19-25H,13-14H2,1-2H3/t19-,20-,21-,22+,23-,24-,25+/m0/s1. The van der Waals surface area contributed by atoms with Crippen LogP contribution in [0.25, 0.3) is 0 Å². The van der Waals surface area contributed by atoms with Crippen molar-refractivity contribution in [2.45, 2.75) is 32.7 Å². The fraction of sp³-hybridized carbons (Fsp3) is 0.393. The summed E-state index contributed by atoms with van der Waals surface area (Å²) < 4.78 is 5.77. The molecule has 1 heterocycles. The molecular formula is C28H27NO4. The molecular weight excluding hydrogens is 414 g/mol. The number of hydrogen-bond donors (Lipinski definition) is 0. The molecule has 2 aromatic rings.